The van der Waals surface area contributed by atoms with Crippen molar-refractivity contribution in [2.45, 2.75) is 64.5 Å². The van der Waals surface area contributed by atoms with Gasteiger partial charge in [0.1, 0.15) is 17.0 Å². The zero-order chi connectivity index (χ0) is 24.9. The molecule has 182 valence electrons. The fourth-order valence-corrected chi connectivity index (χ4v) is 4.48. The van der Waals surface area contributed by atoms with Crippen molar-refractivity contribution in [1.29, 1.82) is 0 Å². The Hall–Kier alpha value is -2.33. The standard InChI is InChI=1S/C26H30Cl2N2O4/c1-26(2,34-3)15-14-21-23(22(31)13-8-17-4-9-19(10-5-17)24(32)33)30(25(28)29-21)16-18-6-11-20(27)12-7-18/h6-7,11-12,17,19H,4-5,8-10,13,16H2,1-3H3,(H,32,33). The molecule has 0 unspecified atom stereocenters. The molecule has 1 fully saturated rings. The van der Waals surface area contributed by atoms with E-state index in [4.69, 9.17) is 27.9 Å². The quantitative estimate of drug-likeness (QED) is 0.359. The number of carboxylic acids is 1. The first-order chi connectivity index (χ1) is 16.1. The number of aromatic nitrogens is 2. The number of ether oxygens (including phenoxy) is 1. The van der Waals surface area contributed by atoms with Gasteiger partial charge in [0, 0.05) is 18.6 Å². The number of methoxy groups -OCH3 is 1. The molecule has 3 rings (SSSR count). The van der Waals surface area contributed by atoms with Crippen molar-refractivity contribution in [2.24, 2.45) is 11.8 Å². The van der Waals surface area contributed by atoms with Crippen LogP contribution in [0.4, 0.5) is 0 Å². The van der Waals surface area contributed by atoms with Crippen molar-refractivity contribution in [1.82, 2.24) is 9.55 Å². The first-order valence-electron chi connectivity index (χ1n) is 11.4. The highest BCUT2D eigenvalue weighted by molar-refractivity contribution is 6.30. The number of hydrogen-bond acceptors (Lipinski definition) is 4. The van der Waals surface area contributed by atoms with Crippen LogP contribution in [0.15, 0.2) is 24.3 Å². The molecular formula is C26H30Cl2N2O4. The van der Waals surface area contributed by atoms with Crippen molar-refractivity contribution in [2.75, 3.05) is 7.11 Å². The number of carbonyl (C=O) groups excluding carboxylic acids is 1. The molecule has 1 aliphatic rings. The van der Waals surface area contributed by atoms with Gasteiger partial charge in [-0.25, -0.2) is 4.98 Å². The summed E-state index contributed by atoms with van der Waals surface area (Å²) < 4.78 is 7.07. The molecule has 0 spiro atoms. The maximum absolute atomic E-state index is 13.4. The highest BCUT2D eigenvalue weighted by Gasteiger charge is 2.28. The maximum Gasteiger partial charge on any atom is 0.306 e. The monoisotopic (exact) mass is 504 g/mol. The molecule has 2 aromatic rings. The summed E-state index contributed by atoms with van der Waals surface area (Å²) in [5, 5.41) is 10.0. The van der Waals surface area contributed by atoms with Crippen molar-refractivity contribution in [3.63, 3.8) is 0 Å². The number of ketones is 1. The average Bonchev–Trinajstić information content (AvgIpc) is 3.13. The number of Topliss-reactive ketones (excluding diaryl/α,β-unsaturated/α-hetero) is 1. The van der Waals surface area contributed by atoms with Crippen LogP contribution >= 0.6 is 23.2 Å². The molecule has 0 bridgehead atoms. The summed E-state index contributed by atoms with van der Waals surface area (Å²) in [4.78, 5) is 29.0. The molecule has 0 saturated heterocycles. The minimum absolute atomic E-state index is 0.0757. The predicted molar refractivity (Wildman–Crippen MR) is 132 cm³/mol. The van der Waals surface area contributed by atoms with Gasteiger partial charge in [-0.2, -0.15) is 0 Å². The molecule has 0 aliphatic heterocycles. The molecule has 0 atom stereocenters. The summed E-state index contributed by atoms with van der Waals surface area (Å²) in [5.41, 5.74) is 0.957. The van der Waals surface area contributed by atoms with Gasteiger partial charge in [0.25, 0.3) is 0 Å². The molecule has 34 heavy (non-hydrogen) atoms. The summed E-state index contributed by atoms with van der Waals surface area (Å²) >= 11 is 12.5. The zero-order valence-electron chi connectivity index (χ0n) is 19.7. The Balaban J connectivity index is 1.83. The van der Waals surface area contributed by atoms with Gasteiger partial charge in [0.05, 0.1) is 12.5 Å². The molecule has 1 aliphatic carbocycles. The molecule has 0 radical (unpaired) electrons. The van der Waals surface area contributed by atoms with Crippen LogP contribution in [0.1, 0.15) is 74.1 Å². The Morgan fingerprint density at radius 1 is 1.18 bits per heavy atom. The third-order valence-corrected chi connectivity index (χ3v) is 6.95. The summed E-state index contributed by atoms with van der Waals surface area (Å²) in [6.45, 7) is 4.03. The van der Waals surface area contributed by atoms with E-state index in [1.165, 1.54) is 0 Å². The van der Waals surface area contributed by atoms with Crippen molar-refractivity contribution in [3.05, 3.63) is 51.5 Å². The van der Waals surface area contributed by atoms with E-state index in [1.807, 2.05) is 26.0 Å². The number of imidazole rings is 1. The van der Waals surface area contributed by atoms with Gasteiger partial charge in [-0.15, -0.1) is 0 Å². The summed E-state index contributed by atoms with van der Waals surface area (Å²) in [6, 6.07) is 7.34. The number of carbonyl (C=O) groups is 2. The number of benzene rings is 1. The zero-order valence-corrected chi connectivity index (χ0v) is 21.2. The fourth-order valence-electron chi connectivity index (χ4n) is 4.12. The van der Waals surface area contributed by atoms with Gasteiger partial charge >= 0.3 is 5.97 Å². The largest absolute Gasteiger partial charge is 0.481 e. The van der Waals surface area contributed by atoms with Gasteiger partial charge in [-0.1, -0.05) is 29.7 Å². The number of carboxylic acid groups (broad SMARTS) is 1. The van der Waals surface area contributed by atoms with Gasteiger partial charge in [0.15, 0.2) is 5.78 Å². The minimum Gasteiger partial charge on any atom is -0.481 e. The van der Waals surface area contributed by atoms with E-state index in [2.05, 4.69) is 16.8 Å². The number of hydrogen-bond donors (Lipinski definition) is 1. The lowest BCUT2D eigenvalue weighted by Crippen LogP contribution is -2.22. The van der Waals surface area contributed by atoms with Gasteiger partial charge in [-0.05, 0) is 87.1 Å². The lowest BCUT2D eigenvalue weighted by molar-refractivity contribution is -0.143. The van der Waals surface area contributed by atoms with Crippen molar-refractivity contribution >= 4 is 35.0 Å². The van der Waals surface area contributed by atoms with Gasteiger partial charge < -0.3 is 14.4 Å². The van der Waals surface area contributed by atoms with Crippen molar-refractivity contribution in [3.8, 4) is 11.8 Å². The highest BCUT2D eigenvalue weighted by Crippen LogP contribution is 2.32. The van der Waals surface area contributed by atoms with Crippen LogP contribution in [0.5, 0.6) is 0 Å². The number of nitrogens with zero attached hydrogens (tertiary/aromatic N) is 2. The first-order valence-corrected chi connectivity index (χ1v) is 12.2. The van der Waals surface area contributed by atoms with Crippen LogP contribution in [-0.4, -0.2) is 39.1 Å². The Labute approximate surface area is 210 Å². The SMILES string of the molecule is COC(C)(C)C#Cc1nc(Cl)n(Cc2ccc(Cl)cc2)c1C(=O)CCC1CCC(C(=O)O)CC1. The smallest absolute Gasteiger partial charge is 0.306 e. The first kappa shape index (κ1) is 26.3. The number of halogens is 2. The van der Waals surface area contributed by atoms with E-state index in [0.717, 1.165) is 18.4 Å². The van der Waals surface area contributed by atoms with Crippen LogP contribution in [-0.2, 0) is 16.1 Å². The minimum atomic E-state index is -0.725. The Morgan fingerprint density at radius 2 is 1.82 bits per heavy atom. The van der Waals surface area contributed by atoms with Gasteiger partial charge in [-0.3, -0.25) is 9.59 Å². The predicted octanol–water partition coefficient (Wildman–Crippen LogP) is 5.87. The summed E-state index contributed by atoms with van der Waals surface area (Å²) in [6.07, 6.45) is 4.00. The average molecular weight is 505 g/mol. The Bertz CT molecular complexity index is 1090. The highest BCUT2D eigenvalue weighted by atomic mass is 35.5. The molecule has 0 amide bonds. The molecule has 1 heterocycles. The third-order valence-electron chi connectivity index (χ3n) is 6.41. The van der Waals surface area contributed by atoms with Crippen LogP contribution in [0.3, 0.4) is 0 Å². The Morgan fingerprint density at radius 3 is 2.41 bits per heavy atom. The second-order valence-electron chi connectivity index (χ2n) is 9.27. The molecule has 1 aromatic carbocycles. The van der Waals surface area contributed by atoms with E-state index in [1.54, 1.807) is 23.8 Å². The molecule has 8 heteroatoms. The van der Waals surface area contributed by atoms with E-state index < -0.39 is 11.6 Å². The third kappa shape index (κ3) is 6.85. The van der Waals surface area contributed by atoms with Crippen LogP contribution in [0.2, 0.25) is 10.3 Å². The molecule has 1 N–H and O–H groups in total. The molecular weight excluding hydrogens is 475 g/mol. The summed E-state index contributed by atoms with van der Waals surface area (Å²) in [7, 11) is 1.58. The van der Waals surface area contributed by atoms with E-state index >= 15 is 0 Å². The molecule has 6 nitrogen and oxygen atoms in total. The second-order valence-corrected chi connectivity index (χ2v) is 10.0. The van der Waals surface area contributed by atoms with Crippen LogP contribution < -0.4 is 0 Å². The fraction of sp³-hybridized carbons (Fsp3) is 0.500. The lowest BCUT2D eigenvalue weighted by atomic mass is 9.79. The maximum atomic E-state index is 13.4. The molecule has 1 saturated carbocycles. The Kier molecular flexibility index (Phi) is 8.81. The van der Waals surface area contributed by atoms with E-state index in [0.29, 0.717) is 54.6 Å². The van der Waals surface area contributed by atoms with E-state index in [9.17, 15) is 14.7 Å². The normalized spacial score (nSPS) is 18.3. The molecule has 1 aromatic heterocycles. The topological polar surface area (TPSA) is 81.4 Å². The second kappa shape index (κ2) is 11.4. The lowest BCUT2D eigenvalue weighted by Gasteiger charge is -2.25. The van der Waals surface area contributed by atoms with Crippen LogP contribution in [0, 0.1) is 23.7 Å². The van der Waals surface area contributed by atoms with Gasteiger partial charge in [0.2, 0.25) is 5.28 Å². The van der Waals surface area contributed by atoms with Crippen molar-refractivity contribution < 1.29 is 19.4 Å². The van der Waals surface area contributed by atoms with E-state index in [-0.39, 0.29) is 17.0 Å². The van der Waals surface area contributed by atoms with Crippen LogP contribution in [0.25, 0.3) is 0 Å². The number of rotatable bonds is 8. The number of aliphatic carboxylic acids is 1. The summed E-state index contributed by atoms with van der Waals surface area (Å²) in [5.74, 6) is 5.29.